The number of furan rings is 1. The molecule has 0 aliphatic carbocycles. The molecule has 1 aromatic heterocycles. The van der Waals surface area contributed by atoms with Gasteiger partial charge < -0.3 is 9.52 Å². The zero-order valence-corrected chi connectivity index (χ0v) is 13.5. The van der Waals surface area contributed by atoms with Crippen molar-refractivity contribution in [2.24, 2.45) is 0 Å². The van der Waals surface area contributed by atoms with Crippen LogP contribution in [0.15, 0.2) is 71.1 Å². The largest absolute Gasteiger partial charge is 0.478 e. The van der Waals surface area contributed by atoms with Crippen LogP contribution in [-0.2, 0) is 4.79 Å². The second-order valence-electron chi connectivity index (χ2n) is 5.88. The van der Waals surface area contributed by atoms with E-state index in [9.17, 15) is 4.79 Å². The Hall–Kier alpha value is -2.59. The van der Waals surface area contributed by atoms with Crippen molar-refractivity contribution in [2.45, 2.75) is 12.8 Å². The van der Waals surface area contributed by atoms with Gasteiger partial charge in [0.1, 0.15) is 0 Å². The first kappa shape index (κ1) is 16.3. The Labute approximate surface area is 141 Å². The number of carbonyl (C=O) groups is 1. The summed E-state index contributed by atoms with van der Waals surface area (Å²) in [5.74, 6) is -0.807. The summed E-state index contributed by atoms with van der Waals surface area (Å²) in [4.78, 5) is 13.3. The maximum absolute atomic E-state index is 11.1. The average Bonchev–Trinajstić information content (AvgIpc) is 3.14. The molecule has 0 saturated carbocycles. The second-order valence-corrected chi connectivity index (χ2v) is 5.88. The van der Waals surface area contributed by atoms with E-state index in [1.54, 1.807) is 12.5 Å². The summed E-state index contributed by atoms with van der Waals surface area (Å²) in [5.41, 5.74) is 3.87. The van der Waals surface area contributed by atoms with Crippen LogP contribution < -0.4 is 0 Å². The van der Waals surface area contributed by atoms with Crippen molar-refractivity contribution in [3.05, 3.63) is 77.8 Å². The van der Waals surface area contributed by atoms with Gasteiger partial charge in [-0.2, -0.15) is 0 Å². The molecule has 0 amide bonds. The smallest absolute Gasteiger partial charge is 0.332 e. The molecular formula is C20H21NO3. The van der Waals surface area contributed by atoms with E-state index in [-0.39, 0.29) is 0 Å². The normalized spacial score (nSPS) is 16.0. The average molecular weight is 323 g/mol. The Bertz CT molecular complexity index is 730. The predicted octanol–water partition coefficient (Wildman–Crippen LogP) is 3.82. The molecule has 4 heteroatoms. The van der Waals surface area contributed by atoms with Gasteiger partial charge in [0.05, 0.1) is 12.5 Å². The highest BCUT2D eigenvalue weighted by molar-refractivity contribution is 5.87. The molecule has 0 bridgehead atoms. The van der Waals surface area contributed by atoms with Crippen molar-refractivity contribution in [3.63, 3.8) is 0 Å². The summed E-state index contributed by atoms with van der Waals surface area (Å²) < 4.78 is 5.23. The van der Waals surface area contributed by atoms with Crippen LogP contribution in [0.25, 0.3) is 5.57 Å². The Kier molecular flexibility index (Phi) is 5.29. The van der Waals surface area contributed by atoms with E-state index < -0.39 is 5.97 Å². The first-order chi connectivity index (χ1) is 11.7. The maximum Gasteiger partial charge on any atom is 0.332 e. The number of carboxylic acids is 1. The number of rotatable bonds is 6. The number of carboxylic acid groups (broad SMARTS) is 1. The monoisotopic (exact) mass is 323 g/mol. The maximum atomic E-state index is 11.1. The van der Waals surface area contributed by atoms with Crippen molar-refractivity contribution in [1.29, 1.82) is 0 Å². The predicted molar refractivity (Wildman–Crippen MR) is 93.6 cm³/mol. The lowest BCUT2D eigenvalue weighted by Gasteiger charge is -2.25. The van der Waals surface area contributed by atoms with E-state index in [0.29, 0.717) is 12.1 Å². The van der Waals surface area contributed by atoms with Crippen LogP contribution in [0, 0.1) is 0 Å². The van der Waals surface area contributed by atoms with Gasteiger partial charge in [-0.3, -0.25) is 4.90 Å². The first-order valence-electron chi connectivity index (χ1n) is 8.17. The quantitative estimate of drug-likeness (QED) is 0.878. The molecule has 4 nitrogen and oxygen atoms in total. The number of benzene rings is 1. The van der Waals surface area contributed by atoms with Gasteiger partial charge in [0.15, 0.2) is 0 Å². The lowest BCUT2D eigenvalue weighted by atomic mass is 9.99. The van der Waals surface area contributed by atoms with Crippen molar-refractivity contribution < 1.29 is 14.3 Å². The number of hydrogen-bond acceptors (Lipinski definition) is 3. The van der Waals surface area contributed by atoms with E-state index in [1.165, 1.54) is 0 Å². The summed E-state index contributed by atoms with van der Waals surface area (Å²) in [6.07, 6.45) is 9.14. The minimum atomic E-state index is -0.807. The van der Waals surface area contributed by atoms with Gasteiger partial charge in [-0.15, -0.1) is 0 Å². The van der Waals surface area contributed by atoms with Crippen molar-refractivity contribution in [3.8, 4) is 0 Å². The minimum Gasteiger partial charge on any atom is -0.478 e. The molecule has 2 heterocycles. The van der Waals surface area contributed by atoms with Crippen LogP contribution in [0.1, 0.15) is 24.0 Å². The fourth-order valence-electron chi connectivity index (χ4n) is 2.98. The van der Waals surface area contributed by atoms with Gasteiger partial charge in [-0.1, -0.05) is 42.5 Å². The van der Waals surface area contributed by atoms with Crippen molar-refractivity contribution >= 4 is 11.5 Å². The van der Waals surface area contributed by atoms with Crippen molar-refractivity contribution in [1.82, 2.24) is 4.90 Å². The molecule has 24 heavy (non-hydrogen) atoms. The van der Waals surface area contributed by atoms with Crippen LogP contribution in [0.5, 0.6) is 0 Å². The molecular weight excluding hydrogens is 302 g/mol. The van der Waals surface area contributed by atoms with E-state index in [0.717, 1.165) is 42.6 Å². The summed E-state index contributed by atoms with van der Waals surface area (Å²) >= 11 is 0. The molecule has 1 aromatic carbocycles. The van der Waals surface area contributed by atoms with Crippen LogP contribution in [0.2, 0.25) is 0 Å². The first-order valence-corrected chi connectivity index (χ1v) is 8.17. The summed E-state index contributed by atoms with van der Waals surface area (Å²) in [6, 6.07) is 12.2. The Morgan fingerprint density at radius 1 is 1.21 bits per heavy atom. The molecule has 124 valence electrons. The Balaban J connectivity index is 1.69. The summed E-state index contributed by atoms with van der Waals surface area (Å²) in [7, 11) is 0. The van der Waals surface area contributed by atoms with Gasteiger partial charge in [0.2, 0.25) is 0 Å². The minimum absolute atomic E-state index is 0.503. The third kappa shape index (κ3) is 4.03. The molecule has 0 atom stereocenters. The highest BCUT2D eigenvalue weighted by Gasteiger charge is 2.16. The SMILES string of the molecule is O=C(O)C1=CCCN(CCC=C(c2ccccc2)c2ccoc2)C1. The fourth-order valence-corrected chi connectivity index (χ4v) is 2.98. The number of hydrogen-bond donors (Lipinski definition) is 1. The molecule has 0 radical (unpaired) electrons. The summed E-state index contributed by atoms with van der Waals surface area (Å²) in [5, 5.41) is 9.13. The van der Waals surface area contributed by atoms with Crippen LogP contribution in [-0.4, -0.2) is 35.6 Å². The van der Waals surface area contributed by atoms with Gasteiger partial charge in [0, 0.05) is 30.8 Å². The van der Waals surface area contributed by atoms with Crippen LogP contribution in [0.3, 0.4) is 0 Å². The number of aliphatic carboxylic acids is 1. The Morgan fingerprint density at radius 3 is 2.75 bits per heavy atom. The third-order valence-corrected chi connectivity index (χ3v) is 4.22. The van der Waals surface area contributed by atoms with Crippen molar-refractivity contribution in [2.75, 3.05) is 19.6 Å². The van der Waals surface area contributed by atoms with Gasteiger partial charge in [-0.05, 0) is 30.0 Å². The van der Waals surface area contributed by atoms with E-state index in [2.05, 4.69) is 23.1 Å². The highest BCUT2D eigenvalue weighted by atomic mass is 16.4. The van der Waals surface area contributed by atoms with Crippen LogP contribution >= 0.6 is 0 Å². The molecule has 0 spiro atoms. The van der Waals surface area contributed by atoms with Gasteiger partial charge >= 0.3 is 5.97 Å². The zero-order chi connectivity index (χ0) is 16.8. The molecule has 2 aromatic rings. The standard InChI is InChI=1S/C20H21NO3/c22-20(23)17-8-4-11-21(14-17)12-5-9-19(18-10-13-24-15-18)16-6-2-1-3-7-16/h1-3,6-10,13,15H,4-5,11-12,14H2,(H,22,23). The molecule has 3 rings (SSSR count). The zero-order valence-electron chi connectivity index (χ0n) is 13.5. The van der Waals surface area contributed by atoms with E-state index in [4.69, 9.17) is 9.52 Å². The third-order valence-electron chi connectivity index (χ3n) is 4.22. The highest BCUT2D eigenvalue weighted by Crippen LogP contribution is 2.24. The molecule has 1 aliphatic rings. The lowest BCUT2D eigenvalue weighted by Crippen LogP contribution is -2.32. The van der Waals surface area contributed by atoms with E-state index >= 15 is 0 Å². The molecule has 0 saturated heterocycles. The molecule has 1 N–H and O–H groups in total. The van der Waals surface area contributed by atoms with Gasteiger partial charge in [0.25, 0.3) is 0 Å². The Morgan fingerprint density at radius 2 is 2.04 bits per heavy atom. The molecule has 0 unspecified atom stereocenters. The second kappa shape index (κ2) is 7.79. The number of nitrogens with zero attached hydrogens (tertiary/aromatic N) is 1. The fraction of sp³-hybridized carbons (Fsp3) is 0.250. The topological polar surface area (TPSA) is 53.7 Å². The lowest BCUT2D eigenvalue weighted by molar-refractivity contribution is -0.133. The van der Waals surface area contributed by atoms with Crippen LogP contribution in [0.4, 0.5) is 0 Å². The molecule has 1 aliphatic heterocycles. The van der Waals surface area contributed by atoms with Gasteiger partial charge in [-0.25, -0.2) is 4.79 Å². The summed E-state index contributed by atoms with van der Waals surface area (Å²) in [6.45, 7) is 2.28. The van der Waals surface area contributed by atoms with E-state index in [1.807, 2.05) is 30.3 Å². The molecule has 0 fully saturated rings.